The van der Waals surface area contributed by atoms with Crippen molar-refractivity contribution in [3.63, 3.8) is 0 Å². The quantitative estimate of drug-likeness (QED) is 0.584. The number of hydrogen-bond acceptors (Lipinski definition) is 2. The number of carbonyl (C=O) groups excluding carboxylic acids is 1. The first-order valence-corrected chi connectivity index (χ1v) is 4.02. The summed E-state index contributed by atoms with van der Waals surface area (Å²) >= 11 is 0. The summed E-state index contributed by atoms with van der Waals surface area (Å²) < 4.78 is 4.87. The van der Waals surface area contributed by atoms with Gasteiger partial charge in [0.25, 0.3) is 0 Å². The second kappa shape index (κ2) is 4.59. The van der Waals surface area contributed by atoms with Crippen molar-refractivity contribution in [3.8, 4) is 0 Å². The summed E-state index contributed by atoms with van der Waals surface area (Å²) in [7, 11) is 0. The lowest BCUT2D eigenvalue weighted by Crippen LogP contribution is -2.34. The van der Waals surface area contributed by atoms with E-state index in [1.54, 1.807) is 11.0 Å². The summed E-state index contributed by atoms with van der Waals surface area (Å²) in [5.41, 5.74) is 0. The third-order valence-electron chi connectivity index (χ3n) is 1.64. The van der Waals surface area contributed by atoms with Gasteiger partial charge in [-0.05, 0) is 6.42 Å². The van der Waals surface area contributed by atoms with E-state index in [4.69, 9.17) is 4.74 Å². The molecule has 0 spiro atoms. The predicted molar refractivity (Wildman–Crippen MR) is 46.9 cm³/mol. The Morgan fingerprint density at radius 3 is 3.08 bits per heavy atom. The molecule has 66 valence electrons. The number of ether oxygens (including phenoxy) is 1. The van der Waals surface area contributed by atoms with Gasteiger partial charge >= 0.3 is 6.09 Å². The Labute approximate surface area is 72.3 Å². The van der Waals surface area contributed by atoms with Gasteiger partial charge in [-0.25, -0.2) is 4.79 Å². The number of carbonyl (C=O) groups is 1. The van der Waals surface area contributed by atoms with E-state index >= 15 is 0 Å². The van der Waals surface area contributed by atoms with Crippen LogP contribution < -0.4 is 0 Å². The Balaban J connectivity index is 2.31. The van der Waals surface area contributed by atoms with E-state index in [1.807, 2.05) is 6.08 Å². The van der Waals surface area contributed by atoms with Gasteiger partial charge in [-0.15, -0.1) is 0 Å². The molecule has 3 nitrogen and oxygen atoms in total. The Morgan fingerprint density at radius 2 is 2.50 bits per heavy atom. The summed E-state index contributed by atoms with van der Waals surface area (Å²) in [5.74, 6) is 0. The highest BCUT2D eigenvalue weighted by Gasteiger charge is 2.13. The maximum atomic E-state index is 11.2. The fraction of sp³-hybridized carbons (Fsp3) is 0.444. The van der Waals surface area contributed by atoms with Gasteiger partial charge in [0, 0.05) is 13.1 Å². The lowest BCUT2D eigenvalue weighted by atomic mass is 10.3. The Bertz CT molecular complexity index is 199. The standard InChI is InChI=1S/C9H13NO2/c1-2-8-12-9(11)10-6-4-3-5-7-10/h2-4H,1,5-8H2. The van der Waals surface area contributed by atoms with Crippen LogP contribution in [0, 0.1) is 0 Å². The summed E-state index contributed by atoms with van der Waals surface area (Å²) in [5, 5.41) is 0. The molecule has 0 aliphatic carbocycles. The largest absolute Gasteiger partial charge is 0.445 e. The van der Waals surface area contributed by atoms with Crippen LogP contribution in [0.1, 0.15) is 6.42 Å². The van der Waals surface area contributed by atoms with Crippen molar-refractivity contribution in [2.75, 3.05) is 19.7 Å². The molecule has 0 saturated heterocycles. The topological polar surface area (TPSA) is 29.5 Å². The Hall–Kier alpha value is -1.25. The molecule has 0 unspecified atom stereocenters. The number of hydrogen-bond donors (Lipinski definition) is 0. The van der Waals surface area contributed by atoms with E-state index in [-0.39, 0.29) is 6.09 Å². The minimum absolute atomic E-state index is 0.251. The average Bonchev–Trinajstić information content (AvgIpc) is 2.15. The summed E-state index contributed by atoms with van der Waals surface area (Å²) in [4.78, 5) is 12.8. The number of rotatable bonds is 2. The molecule has 0 saturated carbocycles. The maximum Gasteiger partial charge on any atom is 0.410 e. The van der Waals surface area contributed by atoms with Gasteiger partial charge < -0.3 is 9.64 Å². The normalized spacial score (nSPS) is 15.8. The summed E-state index contributed by atoms with van der Waals surface area (Å²) in [6, 6.07) is 0. The van der Waals surface area contributed by atoms with Gasteiger partial charge in [0.2, 0.25) is 0 Å². The van der Waals surface area contributed by atoms with Crippen molar-refractivity contribution >= 4 is 6.09 Å². The molecule has 0 aromatic rings. The van der Waals surface area contributed by atoms with E-state index in [2.05, 4.69) is 12.7 Å². The maximum absolute atomic E-state index is 11.2. The van der Waals surface area contributed by atoms with Gasteiger partial charge in [0.05, 0.1) is 0 Å². The molecule has 1 aliphatic rings. The first-order chi connectivity index (χ1) is 5.84. The molecule has 1 rings (SSSR count). The molecule has 12 heavy (non-hydrogen) atoms. The predicted octanol–water partition coefficient (Wildman–Crippen LogP) is 1.57. The zero-order valence-corrected chi connectivity index (χ0v) is 7.03. The highest BCUT2D eigenvalue weighted by atomic mass is 16.6. The van der Waals surface area contributed by atoms with Crippen molar-refractivity contribution in [3.05, 3.63) is 24.8 Å². The van der Waals surface area contributed by atoms with E-state index in [0.717, 1.165) is 13.0 Å². The summed E-state index contributed by atoms with van der Waals surface area (Å²) in [6.45, 7) is 5.18. The fourth-order valence-electron chi connectivity index (χ4n) is 1.03. The lowest BCUT2D eigenvalue weighted by molar-refractivity contribution is 0.116. The van der Waals surface area contributed by atoms with Crippen molar-refractivity contribution in [1.29, 1.82) is 0 Å². The first-order valence-electron chi connectivity index (χ1n) is 4.02. The fourth-order valence-corrected chi connectivity index (χ4v) is 1.03. The molecule has 1 amide bonds. The highest BCUT2D eigenvalue weighted by molar-refractivity contribution is 5.68. The van der Waals surface area contributed by atoms with E-state index in [9.17, 15) is 4.79 Å². The van der Waals surface area contributed by atoms with Crippen molar-refractivity contribution in [2.24, 2.45) is 0 Å². The van der Waals surface area contributed by atoms with Gasteiger partial charge in [-0.1, -0.05) is 24.8 Å². The molecule has 0 radical (unpaired) electrons. The molecule has 0 atom stereocenters. The van der Waals surface area contributed by atoms with Crippen LogP contribution in [0.15, 0.2) is 24.8 Å². The van der Waals surface area contributed by atoms with Gasteiger partial charge in [0.15, 0.2) is 0 Å². The highest BCUT2D eigenvalue weighted by Crippen LogP contribution is 2.02. The molecule has 3 heteroatoms. The van der Waals surface area contributed by atoms with Crippen molar-refractivity contribution in [2.45, 2.75) is 6.42 Å². The molecular weight excluding hydrogens is 154 g/mol. The molecule has 0 aromatic heterocycles. The van der Waals surface area contributed by atoms with Crippen LogP contribution in [0.4, 0.5) is 4.79 Å². The first kappa shape index (κ1) is 8.84. The SMILES string of the molecule is C=CCOC(=O)N1CC=CCC1. The van der Waals surface area contributed by atoms with Gasteiger partial charge in [-0.2, -0.15) is 0 Å². The molecule has 0 aromatic carbocycles. The van der Waals surface area contributed by atoms with Crippen molar-refractivity contribution < 1.29 is 9.53 Å². The van der Waals surface area contributed by atoms with Gasteiger partial charge in [-0.3, -0.25) is 0 Å². The van der Waals surface area contributed by atoms with E-state index in [0.29, 0.717) is 13.2 Å². The Morgan fingerprint density at radius 1 is 1.67 bits per heavy atom. The smallest absolute Gasteiger partial charge is 0.410 e. The van der Waals surface area contributed by atoms with Crippen molar-refractivity contribution in [1.82, 2.24) is 4.90 Å². The monoisotopic (exact) mass is 167 g/mol. The van der Waals surface area contributed by atoms with E-state index < -0.39 is 0 Å². The zero-order valence-electron chi connectivity index (χ0n) is 7.03. The molecule has 0 bridgehead atoms. The number of nitrogens with zero attached hydrogens (tertiary/aromatic N) is 1. The summed E-state index contributed by atoms with van der Waals surface area (Å²) in [6.07, 6.45) is 6.27. The number of amides is 1. The van der Waals surface area contributed by atoms with Crippen LogP contribution in [-0.2, 0) is 4.74 Å². The van der Waals surface area contributed by atoms with Crippen LogP contribution >= 0.6 is 0 Å². The average molecular weight is 167 g/mol. The van der Waals surface area contributed by atoms with E-state index in [1.165, 1.54) is 0 Å². The molecule has 1 heterocycles. The second-order valence-electron chi connectivity index (χ2n) is 2.57. The molecule has 0 N–H and O–H groups in total. The lowest BCUT2D eigenvalue weighted by Gasteiger charge is -2.21. The minimum Gasteiger partial charge on any atom is -0.445 e. The minimum atomic E-state index is -0.251. The van der Waals surface area contributed by atoms with Crippen LogP contribution in [0.5, 0.6) is 0 Å². The third-order valence-corrected chi connectivity index (χ3v) is 1.64. The molecular formula is C9H13NO2. The van der Waals surface area contributed by atoms with Gasteiger partial charge in [0.1, 0.15) is 6.61 Å². The second-order valence-corrected chi connectivity index (χ2v) is 2.57. The third kappa shape index (κ3) is 2.42. The van der Waals surface area contributed by atoms with Crippen LogP contribution in [0.3, 0.4) is 0 Å². The van der Waals surface area contributed by atoms with Crippen LogP contribution in [0.25, 0.3) is 0 Å². The van der Waals surface area contributed by atoms with Crippen LogP contribution in [0.2, 0.25) is 0 Å². The molecule has 1 aliphatic heterocycles. The molecule has 0 fully saturated rings. The Kier molecular flexibility index (Phi) is 3.38. The van der Waals surface area contributed by atoms with Crippen LogP contribution in [-0.4, -0.2) is 30.7 Å². The zero-order chi connectivity index (χ0) is 8.81.